The molecule has 1 aliphatic rings. The number of hydrogen-bond donors (Lipinski definition) is 1. The number of nitrogens with zero attached hydrogens (tertiary/aromatic N) is 4. The van der Waals surface area contributed by atoms with Gasteiger partial charge in [-0.05, 0) is 36.8 Å². The Labute approximate surface area is 196 Å². The maximum absolute atomic E-state index is 12.7. The Morgan fingerprint density at radius 2 is 1.81 bits per heavy atom. The molecule has 32 heavy (non-hydrogen) atoms. The number of thioether (sulfide) groups is 1. The van der Waals surface area contributed by atoms with E-state index in [0.717, 1.165) is 42.0 Å². The average Bonchev–Trinajstić information content (AvgIpc) is 3.30. The Morgan fingerprint density at radius 1 is 1.09 bits per heavy atom. The molecule has 1 N–H and O–H groups in total. The van der Waals surface area contributed by atoms with Gasteiger partial charge in [-0.25, -0.2) is 0 Å². The summed E-state index contributed by atoms with van der Waals surface area (Å²) in [6.07, 6.45) is 0. The number of hydrogen-bond acceptors (Lipinski definition) is 8. The van der Waals surface area contributed by atoms with Crippen molar-refractivity contribution >= 4 is 39.8 Å². The highest BCUT2D eigenvalue weighted by Gasteiger charge is 2.24. The molecule has 1 aromatic heterocycles. The van der Waals surface area contributed by atoms with E-state index in [-0.39, 0.29) is 5.91 Å². The molecular weight excluding hydrogens is 442 g/mol. The molecule has 0 bridgehead atoms. The third kappa shape index (κ3) is 5.79. The van der Waals surface area contributed by atoms with Gasteiger partial charge in [0.1, 0.15) is 5.75 Å². The molecule has 1 unspecified atom stereocenters. The highest BCUT2D eigenvalue weighted by Crippen LogP contribution is 2.29. The molecule has 0 radical (unpaired) electrons. The molecule has 7 nitrogen and oxygen atoms in total. The first-order valence-electron chi connectivity index (χ1n) is 10.6. The number of rotatable bonds is 8. The van der Waals surface area contributed by atoms with E-state index in [4.69, 9.17) is 4.74 Å². The summed E-state index contributed by atoms with van der Waals surface area (Å²) in [5.41, 5.74) is 2.23. The predicted octanol–water partition coefficient (Wildman–Crippen LogP) is 4.29. The van der Waals surface area contributed by atoms with Crippen LogP contribution in [0, 0.1) is 0 Å². The second-order valence-corrected chi connectivity index (χ2v) is 9.72. The van der Waals surface area contributed by atoms with E-state index in [1.165, 1.54) is 28.7 Å². The first kappa shape index (κ1) is 22.6. The first-order chi connectivity index (χ1) is 15.6. The number of nitrogens with one attached hydrogen (secondary N) is 1. The summed E-state index contributed by atoms with van der Waals surface area (Å²) in [7, 11) is 1.64. The molecule has 0 saturated carbocycles. The second kappa shape index (κ2) is 10.8. The van der Waals surface area contributed by atoms with E-state index in [9.17, 15) is 4.79 Å². The maximum atomic E-state index is 12.7. The number of carbonyl (C=O) groups is 1. The highest BCUT2D eigenvalue weighted by molar-refractivity contribution is 8.01. The summed E-state index contributed by atoms with van der Waals surface area (Å²) >= 11 is 2.89. The highest BCUT2D eigenvalue weighted by atomic mass is 32.2. The number of piperazine rings is 1. The van der Waals surface area contributed by atoms with Crippen molar-refractivity contribution in [2.75, 3.05) is 44.4 Å². The van der Waals surface area contributed by atoms with Gasteiger partial charge in [-0.2, -0.15) is 0 Å². The molecular formula is C23H27N5O2S2. The summed E-state index contributed by atoms with van der Waals surface area (Å²) in [5, 5.41) is 12.3. The summed E-state index contributed by atoms with van der Waals surface area (Å²) in [4.78, 5) is 17.1. The van der Waals surface area contributed by atoms with Crippen LogP contribution in [0.4, 0.5) is 10.8 Å². The number of methoxy groups -OCH3 is 1. The third-order valence-corrected chi connectivity index (χ3v) is 7.52. The SMILES string of the molecule is COc1ccc(Nc2nnc(SCC(=O)N3CCN(C(C)c4ccccc4)CC3)s2)cc1. The standard InChI is InChI=1S/C23H27N5O2S2/c1-17(18-6-4-3-5-7-18)27-12-14-28(15-13-27)21(29)16-31-23-26-25-22(32-23)24-19-8-10-20(30-2)11-9-19/h3-11,17H,12-16H2,1-2H3,(H,24,25). The number of ether oxygens (including phenoxy) is 1. The van der Waals surface area contributed by atoms with Crippen molar-refractivity contribution < 1.29 is 9.53 Å². The van der Waals surface area contributed by atoms with Crippen LogP contribution >= 0.6 is 23.1 Å². The van der Waals surface area contributed by atoms with Crippen LogP contribution in [0.3, 0.4) is 0 Å². The van der Waals surface area contributed by atoms with Gasteiger partial charge < -0.3 is 15.0 Å². The van der Waals surface area contributed by atoms with E-state index < -0.39 is 0 Å². The van der Waals surface area contributed by atoms with E-state index >= 15 is 0 Å². The monoisotopic (exact) mass is 469 g/mol. The molecule has 1 amide bonds. The molecule has 0 aliphatic carbocycles. The summed E-state index contributed by atoms with van der Waals surface area (Å²) < 4.78 is 5.95. The summed E-state index contributed by atoms with van der Waals surface area (Å²) in [6, 6.07) is 18.5. The lowest BCUT2D eigenvalue weighted by atomic mass is 10.1. The van der Waals surface area contributed by atoms with Crippen LogP contribution < -0.4 is 10.1 Å². The Kier molecular flexibility index (Phi) is 7.62. The molecule has 2 aromatic carbocycles. The van der Waals surface area contributed by atoms with Crippen LogP contribution in [0.5, 0.6) is 5.75 Å². The largest absolute Gasteiger partial charge is 0.497 e. The fourth-order valence-corrected chi connectivity index (χ4v) is 5.31. The van der Waals surface area contributed by atoms with E-state index in [1.807, 2.05) is 35.2 Å². The van der Waals surface area contributed by atoms with Crippen LogP contribution in [0.2, 0.25) is 0 Å². The number of benzene rings is 2. The lowest BCUT2D eigenvalue weighted by Crippen LogP contribution is -2.49. The van der Waals surface area contributed by atoms with Gasteiger partial charge in [0.05, 0.1) is 12.9 Å². The normalized spacial score (nSPS) is 15.4. The van der Waals surface area contributed by atoms with Crippen LogP contribution in [0.1, 0.15) is 18.5 Å². The fourth-order valence-electron chi connectivity index (χ4n) is 3.63. The van der Waals surface area contributed by atoms with Crippen LogP contribution in [-0.4, -0.2) is 64.9 Å². The van der Waals surface area contributed by atoms with Gasteiger partial charge in [-0.3, -0.25) is 9.69 Å². The van der Waals surface area contributed by atoms with Crippen molar-refractivity contribution in [3.8, 4) is 5.75 Å². The smallest absolute Gasteiger partial charge is 0.233 e. The van der Waals surface area contributed by atoms with Crippen molar-refractivity contribution in [2.45, 2.75) is 17.3 Å². The van der Waals surface area contributed by atoms with Crippen LogP contribution in [0.15, 0.2) is 58.9 Å². The Bertz CT molecular complexity index is 1000. The third-order valence-electron chi connectivity index (χ3n) is 5.56. The predicted molar refractivity (Wildman–Crippen MR) is 130 cm³/mol. The van der Waals surface area contributed by atoms with E-state index in [1.54, 1.807) is 7.11 Å². The zero-order valence-corrected chi connectivity index (χ0v) is 19.9. The fraction of sp³-hybridized carbons (Fsp3) is 0.348. The minimum absolute atomic E-state index is 0.155. The second-order valence-electron chi connectivity index (χ2n) is 7.52. The van der Waals surface area contributed by atoms with Gasteiger partial charge in [0.25, 0.3) is 0 Å². The van der Waals surface area contributed by atoms with Gasteiger partial charge in [-0.15, -0.1) is 10.2 Å². The minimum atomic E-state index is 0.155. The lowest BCUT2D eigenvalue weighted by Gasteiger charge is -2.38. The first-order valence-corrected chi connectivity index (χ1v) is 12.4. The molecule has 1 atom stereocenters. The van der Waals surface area contributed by atoms with Crippen molar-refractivity contribution in [3.63, 3.8) is 0 Å². The zero-order valence-electron chi connectivity index (χ0n) is 18.2. The molecule has 0 spiro atoms. The Morgan fingerprint density at radius 3 is 2.50 bits per heavy atom. The lowest BCUT2D eigenvalue weighted by molar-refractivity contribution is -0.130. The van der Waals surface area contributed by atoms with Crippen molar-refractivity contribution in [2.24, 2.45) is 0 Å². The number of amides is 1. The molecule has 3 aromatic rings. The van der Waals surface area contributed by atoms with Gasteiger partial charge >= 0.3 is 0 Å². The number of carbonyl (C=O) groups excluding carboxylic acids is 1. The van der Waals surface area contributed by atoms with Crippen molar-refractivity contribution in [3.05, 3.63) is 60.2 Å². The molecule has 9 heteroatoms. The topological polar surface area (TPSA) is 70.6 Å². The summed E-state index contributed by atoms with van der Waals surface area (Å²) in [5.74, 6) is 1.34. The molecule has 1 saturated heterocycles. The quantitative estimate of drug-likeness (QED) is 0.494. The average molecular weight is 470 g/mol. The Balaban J connectivity index is 1.22. The van der Waals surface area contributed by atoms with Gasteiger partial charge in [0, 0.05) is 37.9 Å². The molecule has 1 aliphatic heterocycles. The van der Waals surface area contributed by atoms with E-state index in [2.05, 4.69) is 51.6 Å². The van der Waals surface area contributed by atoms with Crippen LogP contribution in [0.25, 0.3) is 0 Å². The molecule has 1 fully saturated rings. The zero-order chi connectivity index (χ0) is 22.3. The number of aromatic nitrogens is 2. The number of anilines is 2. The van der Waals surface area contributed by atoms with Gasteiger partial charge in [-0.1, -0.05) is 53.4 Å². The minimum Gasteiger partial charge on any atom is -0.497 e. The summed E-state index contributed by atoms with van der Waals surface area (Å²) in [6.45, 7) is 5.53. The molecule has 168 valence electrons. The maximum Gasteiger partial charge on any atom is 0.233 e. The Hall–Kier alpha value is -2.62. The molecule has 4 rings (SSSR count). The van der Waals surface area contributed by atoms with Crippen molar-refractivity contribution in [1.82, 2.24) is 20.0 Å². The van der Waals surface area contributed by atoms with Gasteiger partial charge in [0.15, 0.2) is 4.34 Å². The van der Waals surface area contributed by atoms with E-state index in [0.29, 0.717) is 16.9 Å². The van der Waals surface area contributed by atoms with Gasteiger partial charge in [0.2, 0.25) is 11.0 Å². The van der Waals surface area contributed by atoms with Crippen LogP contribution in [-0.2, 0) is 4.79 Å². The molecule has 2 heterocycles. The van der Waals surface area contributed by atoms with Crippen molar-refractivity contribution in [1.29, 1.82) is 0 Å².